The van der Waals surface area contributed by atoms with Crippen molar-refractivity contribution in [1.82, 2.24) is 4.90 Å². The van der Waals surface area contributed by atoms with Crippen molar-refractivity contribution in [1.29, 1.82) is 0 Å². The van der Waals surface area contributed by atoms with Crippen LogP contribution < -0.4 is 0 Å². The third kappa shape index (κ3) is 6.34. The number of ether oxygens (including phenoxy) is 1. The van der Waals surface area contributed by atoms with Crippen LogP contribution in [0.5, 0.6) is 0 Å². The van der Waals surface area contributed by atoms with Crippen molar-refractivity contribution in [2.45, 2.75) is 91.5 Å². The Balaban J connectivity index is 3.46. The van der Waals surface area contributed by atoms with Crippen molar-refractivity contribution in [3.63, 3.8) is 0 Å². The van der Waals surface area contributed by atoms with Crippen molar-refractivity contribution >= 4 is 34.1 Å². The number of hydrogen-bond donors (Lipinski definition) is 0. The van der Waals surface area contributed by atoms with E-state index >= 15 is 0 Å². The lowest BCUT2D eigenvalue weighted by atomic mass is 9.77. The Morgan fingerprint density at radius 3 is 2.03 bits per heavy atom. The average Bonchev–Trinajstić information content (AvgIpc) is 2.68. The van der Waals surface area contributed by atoms with Gasteiger partial charge in [-0.25, -0.2) is 4.79 Å². The molecule has 1 unspecified atom stereocenters. The van der Waals surface area contributed by atoms with Crippen LogP contribution in [-0.4, -0.2) is 69.1 Å². The minimum absolute atomic E-state index is 0.0113. The lowest BCUT2D eigenvalue weighted by molar-refractivity contribution is -0.178. The molecule has 1 amide bonds. The van der Waals surface area contributed by atoms with Gasteiger partial charge in [-0.05, 0) is 45.8 Å². The highest BCUT2D eigenvalue weighted by Gasteiger charge is 2.62. The summed E-state index contributed by atoms with van der Waals surface area (Å²) < 4.78 is 36.1. The number of aldehydes is 1. The van der Waals surface area contributed by atoms with Crippen LogP contribution in [0.1, 0.15) is 55.4 Å². The molecule has 0 saturated carbocycles. The number of likely N-dealkylation sites (tertiary alicyclic amines) is 1. The summed E-state index contributed by atoms with van der Waals surface area (Å²) in [5.74, 6) is -4.21. The zero-order valence-corrected chi connectivity index (χ0v) is 23.6. The quantitative estimate of drug-likeness (QED) is 0.120. The van der Waals surface area contributed by atoms with Gasteiger partial charge in [0.2, 0.25) is 11.7 Å². The molecule has 1 heterocycles. The van der Waals surface area contributed by atoms with E-state index in [1.165, 1.54) is 4.90 Å². The first kappa shape index (κ1) is 30.0. The molecule has 1 saturated heterocycles. The van der Waals surface area contributed by atoms with E-state index in [1.54, 1.807) is 27.7 Å². The fraction of sp³-hybridized carbons (Fsp3) is 0.864. The Morgan fingerprint density at radius 2 is 1.64 bits per heavy atom. The van der Waals surface area contributed by atoms with Crippen LogP contribution in [0.15, 0.2) is 0 Å². The number of carbonyl (C=O) groups is 3. The predicted octanol–water partition coefficient (Wildman–Crippen LogP) is 4.21. The summed E-state index contributed by atoms with van der Waals surface area (Å²) in [6.07, 6.45) is 0.230. The second kappa shape index (κ2) is 11.6. The summed E-state index contributed by atoms with van der Waals surface area (Å²) in [6, 6.07) is -0.710. The standard InChI is InChI=1S/C22H42NO8PSi/c1-11-28-21(26)20(32(27,29-12-2)30-13-3)23-18(15(4)14-24)17(19(23)25)16(5)31-33(9,10)22(6,7)8/h14-18,20H,11-13H2,1-10H3/t15-,16+,17+,18+,20?/m0/s1. The van der Waals surface area contributed by atoms with Gasteiger partial charge in [0.1, 0.15) is 6.29 Å². The van der Waals surface area contributed by atoms with Gasteiger partial charge in [-0.15, -0.1) is 0 Å². The molecule has 33 heavy (non-hydrogen) atoms. The highest BCUT2D eigenvalue weighted by Crippen LogP contribution is 2.58. The first-order chi connectivity index (χ1) is 15.1. The number of rotatable bonds is 13. The Morgan fingerprint density at radius 1 is 1.12 bits per heavy atom. The Hall–Kier alpha value is -1.06. The van der Waals surface area contributed by atoms with Crippen molar-refractivity contribution in [2.75, 3.05) is 19.8 Å². The first-order valence-corrected chi connectivity index (χ1v) is 16.2. The van der Waals surface area contributed by atoms with Gasteiger partial charge in [0.05, 0.1) is 37.9 Å². The van der Waals surface area contributed by atoms with Crippen LogP contribution in [0, 0.1) is 11.8 Å². The summed E-state index contributed by atoms with van der Waals surface area (Å²) in [4.78, 5) is 39.4. The molecule has 192 valence electrons. The molecule has 1 rings (SSSR count). The highest BCUT2D eigenvalue weighted by atomic mass is 31.2. The SMILES string of the molecule is CCOC(=O)C(N1C(=O)[C@H]([C@@H](C)O[Si](C)(C)C(C)(C)C)[C@H]1[C@@H](C)C=O)P(=O)(OCC)OCC. The van der Waals surface area contributed by atoms with Crippen LogP contribution in [0.4, 0.5) is 0 Å². The maximum atomic E-state index is 13.7. The maximum absolute atomic E-state index is 13.7. The topological polar surface area (TPSA) is 108 Å². The number of carbonyl (C=O) groups excluding carboxylic acids is 3. The molecule has 11 heteroatoms. The molecule has 0 aromatic carbocycles. The van der Waals surface area contributed by atoms with Gasteiger partial charge in [-0.3, -0.25) is 9.36 Å². The molecule has 1 aliphatic heterocycles. The molecule has 1 aliphatic rings. The van der Waals surface area contributed by atoms with E-state index < -0.39 is 57.6 Å². The lowest BCUT2D eigenvalue weighted by Crippen LogP contribution is -2.71. The van der Waals surface area contributed by atoms with E-state index in [4.69, 9.17) is 18.2 Å². The number of hydrogen-bond acceptors (Lipinski definition) is 8. The third-order valence-electron chi connectivity index (χ3n) is 6.45. The van der Waals surface area contributed by atoms with Crippen LogP contribution in [0.25, 0.3) is 0 Å². The Bertz CT molecular complexity index is 743. The minimum Gasteiger partial charge on any atom is -0.464 e. The van der Waals surface area contributed by atoms with Crippen molar-refractivity contribution in [2.24, 2.45) is 11.8 Å². The van der Waals surface area contributed by atoms with E-state index in [2.05, 4.69) is 33.9 Å². The molecular weight excluding hydrogens is 465 g/mol. The first-order valence-electron chi connectivity index (χ1n) is 11.6. The van der Waals surface area contributed by atoms with Gasteiger partial charge in [-0.1, -0.05) is 27.7 Å². The van der Waals surface area contributed by atoms with E-state index in [-0.39, 0.29) is 24.9 Å². The van der Waals surface area contributed by atoms with E-state index in [0.29, 0.717) is 0 Å². The van der Waals surface area contributed by atoms with E-state index in [0.717, 1.165) is 6.29 Å². The Kier molecular flexibility index (Phi) is 10.5. The summed E-state index contributed by atoms with van der Waals surface area (Å²) in [7, 11) is -6.32. The molecule has 1 fully saturated rings. The highest BCUT2D eigenvalue weighted by molar-refractivity contribution is 7.55. The van der Waals surface area contributed by atoms with Crippen LogP contribution >= 0.6 is 7.60 Å². The number of esters is 1. The van der Waals surface area contributed by atoms with Gasteiger partial charge in [-0.2, -0.15) is 0 Å². The van der Waals surface area contributed by atoms with Gasteiger partial charge >= 0.3 is 13.6 Å². The zero-order valence-electron chi connectivity index (χ0n) is 21.7. The van der Waals surface area contributed by atoms with Gasteiger partial charge in [0, 0.05) is 5.92 Å². The van der Waals surface area contributed by atoms with Gasteiger partial charge in [0.25, 0.3) is 0 Å². The molecule has 0 aromatic rings. The number of nitrogens with zero attached hydrogens (tertiary/aromatic N) is 1. The van der Waals surface area contributed by atoms with Crippen molar-refractivity contribution in [3.05, 3.63) is 0 Å². The summed E-state index contributed by atoms with van der Waals surface area (Å²) in [5, 5.41) is -0.0768. The van der Waals surface area contributed by atoms with E-state index in [1.807, 2.05) is 6.92 Å². The second-order valence-electron chi connectivity index (χ2n) is 9.84. The lowest BCUT2D eigenvalue weighted by Gasteiger charge is -2.54. The average molecular weight is 508 g/mol. The molecule has 5 atom stereocenters. The molecule has 0 N–H and O–H groups in total. The smallest absolute Gasteiger partial charge is 0.364 e. The maximum Gasteiger partial charge on any atom is 0.364 e. The molecular formula is C22H42NO8PSi. The van der Waals surface area contributed by atoms with Crippen LogP contribution in [-0.2, 0) is 37.2 Å². The van der Waals surface area contributed by atoms with E-state index in [9.17, 15) is 18.9 Å². The minimum atomic E-state index is -4.10. The fourth-order valence-corrected chi connectivity index (χ4v) is 7.26. The normalized spacial score (nSPS) is 22.4. The largest absolute Gasteiger partial charge is 0.464 e. The fourth-order valence-electron chi connectivity index (χ4n) is 3.84. The molecule has 0 spiro atoms. The molecule has 0 radical (unpaired) electrons. The predicted molar refractivity (Wildman–Crippen MR) is 128 cm³/mol. The molecule has 0 aromatic heterocycles. The second-order valence-corrected chi connectivity index (χ2v) is 16.7. The summed E-state index contributed by atoms with van der Waals surface area (Å²) in [5.41, 5.74) is 0. The summed E-state index contributed by atoms with van der Waals surface area (Å²) >= 11 is 0. The number of amides is 1. The van der Waals surface area contributed by atoms with Crippen LogP contribution in [0.2, 0.25) is 18.1 Å². The monoisotopic (exact) mass is 507 g/mol. The van der Waals surface area contributed by atoms with Crippen LogP contribution in [0.3, 0.4) is 0 Å². The van der Waals surface area contributed by atoms with Crippen molar-refractivity contribution < 1.29 is 37.2 Å². The molecule has 0 aliphatic carbocycles. The number of β-lactam (4-membered cyclic amide) rings is 1. The Labute approximate surface area is 199 Å². The summed E-state index contributed by atoms with van der Waals surface area (Å²) in [6.45, 7) is 18.9. The van der Waals surface area contributed by atoms with Crippen molar-refractivity contribution in [3.8, 4) is 0 Å². The zero-order chi connectivity index (χ0) is 25.8. The molecule has 9 nitrogen and oxygen atoms in total. The third-order valence-corrected chi connectivity index (χ3v) is 13.3. The van der Waals surface area contributed by atoms with Gasteiger partial charge in [0.15, 0.2) is 8.32 Å². The molecule has 0 bridgehead atoms. The van der Waals surface area contributed by atoms with Gasteiger partial charge < -0.3 is 27.9 Å².